The van der Waals surface area contributed by atoms with Gasteiger partial charge < -0.3 is 4.74 Å². The smallest absolute Gasteiger partial charge is 0.184 e. The van der Waals surface area contributed by atoms with Crippen molar-refractivity contribution in [2.45, 2.75) is 57.9 Å². The van der Waals surface area contributed by atoms with Crippen LogP contribution < -0.4 is 9.98 Å². The molecule has 0 saturated heterocycles. The molecule has 1 heterocycles. The van der Waals surface area contributed by atoms with Crippen molar-refractivity contribution in [3.8, 4) is 0 Å². The predicted octanol–water partition coefficient (Wildman–Crippen LogP) is 2.08. The number of aromatic nitrogens is 1. The zero-order valence-electron chi connectivity index (χ0n) is 14.0. The Labute approximate surface area is 139 Å². The number of pyridine rings is 1. The molecule has 0 unspecified atom stereocenters. The first-order chi connectivity index (χ1) is 11.4. The molecule has 0 atom stereocenters. The zero-order valence-corrected chi connectivity index (χ0v) is 14.0. The van der Waals surface area contributed by atoms with Crippen molar-refractivity contribution in [3.05, 3.63) is 53.1 Å². The van der Waals surface area contributed by atoms with Crippen LogP contribution in [-0.2, 0) is 24.1 Å². The average molecular weight is 312 g/mol. The molecule has 1 aromatic heterocycles. The number of nitrogens with zero attached hydrogens (tertiary/aromatic N) is 1. The first kappa shape index (κ1) is 16.0. The van der Waals surface area contributed by atoms with Gasteiger partial charge in [0.1, 0.15) is 6.54 Å². The van der Waals surface area contributed by atoms with E-state index in [0.29, 0.717) is 0 Å². The van der Waals surface area contributed by atoms with Gasteiger partial charge in [-0.05, 0) is 49.8 Å². The van der Waals surface area contributed by atoms with Gasteiger partial charge in [-0.1, -0.05) is 0 Å². The first-order valence-electron chi connectivity index (χ1n) is 8.95. The second-order valence-corrected chi connectivity index (χ2v) is 6.44. The number of fused-ring (bicyclic) bond motifs is 1. The quantitative estimate of drug-likeness (QED) is 0.445. The molecular weight excluding hydrogens is 284 g/mol. The predicted molar refractivity (Wildman–Crippen MR) is 91.9 cm³/mol. The van der Waals surface area contributed by atoms with Gasteiger partial charge in [0.05, 0.1) is 12.4 Å². The molecule has 1 aromatic rings. The van der Waals surface area contributed by atoms with E-state index >= 15 is 0 Å². The van der Waals surface area contributed by atoms with Crippen LogP contribution in [0.15, 0.2) is 41.8 Å². The van der Waals surface area contributed by atoms with E-state index in [4.69, 9.17) is 10.1 Å². The second-order valence-electron chi connectivity index (χ2n) is 6.44. The van der Waals surface area contributed by atoms with Crippen LogP contribution in [0.5, 0.6) is 0 Å². The molecular formula is C20H28N2O+2. The summed E-state index contributed by atoms with van der Waals surface area (Å²) in [5.41, 5.74) is 4.42. The fraction of sp³-hybridized carbons (Fsp3) is 0.500. The lowest BCUT2D eigenvalue weighted by atomic mass is 10.2. The lowest BCUT2D eigenvalue weighted by Crippen LogP contribution is -2.38. The highest BCUT2D eigenvalue weighted by molar-refractivity contribution is 5.66. The molecule has 0 saturated carbocycles. The summed E-state index contributed by atoms with van der Waals surface area (Å²) < 4.78 is 8.45. The molecule has 0 fully saturated rings. The van der Waals surface area contributed by atoms with Crippen LogP contribution in [0.4, 0.5) is 0 Å². The van der Waals surface area contributed by atoms with Crippen molar-refractivity contribution < 1.29 is 14.7 Å². The van der Waals surface area contributed by atoms with E-state index in [1.54, 1.807) is 17.5 Å². The van der Waals surface area contributed by atoms with Gasteiger partial charge in [0.2, 0.25) is 0 Å². The molecule has 0 bridgehead atoms. The van der Waals surface area contributed by atoms with Crippen molar-refractivity contribution in [2.24, 2.45) is 0 Å². The minimum atomic E-state index is 0.828. The molecule has 0 radical (unpaired) electrons. The van der Waals surface area contributed by atoms with Crippen LogP contribution in [0.2, 0.25) is 0 Å². The van der Waals surface area contributed by atoms with Crippen molar-refractivity contribution in [3.63, 3.8) is 0 Å². The summed E-state index contributed by atoms with van der Waals surface area (Å²) in [5, 5.41) is 5.41. The number of unbranched alkanes of at least 4 members (excludes halogenated alkanes) is 1. The van der Waals surface area contributed by atoms with Crippen LogP contribution in [0, 0.1) is 0 Å². The maximum atomic E-state index is 6.01. The normalized spacial score (nSPS) is 17.0. The Morgan fingerprint density at radius 3 is 2.96 bits per heavy atom. The molecule has 122 valence electrons. The van der Waals surface area contributed by atoms with Crippen LogP contribution in [0.1, 0.15) is 49.8 Å². The van der Waals surface area contributed by atoms with Crippen molar-refractivity contribution >= 4 is 6.21 Å². The van der Waals surface area contributed by atoms with Gasteiger partial charge in [0.15, 0.2) is 18.1 Å². The molecule has 2 aliphatic rings. The summed E-state index contributed by atoms with van der Waals surface area (Å²) in [6.07, 6.45) is 17.3. The van der Waals surface area contributed by atoms with Gasteiger partial charge >= 0.3 is 0 Å². The van der Waals surface area contributed by atoms with Gasteiger partial charge in [0, 0.05) is 37.0 Å². The lowest BCUT2D eigenvalue weighted by Gasteiger charge is -2.08. The Kier molecular flexibility index (Phi) is 5.62. The van der Waals surface area contributed by atoms with Crippen LogP contribution in [-0.4, -0.2) is 12.8 Å². The third kappa shape index (κ3) is 4.10. The summed E-state index contributed by atoms with van der Waals surface area (Å²) in [5.74, 6) is 1.18. The highest BCUT2D eigenvalue weighted by atomic mass is 16.5. The zero-order chi connectivity index (χ0) is 15.9. The third-order valence-electron chi connectivity index (χ3n) is 4.83. The molecule has 3 rings (SSSR count). The molecule has 3 heteroatoms. The summed E-state index contributed by atoms with van der Waals surface area (Å²) in [6, 6.07) is 4.47. The number of rotatable bonds is 8. The molecule has 0 amide bonds. The number of aryl methyl sites for hydroxylation is 2. The van der Waals surface area contributed by atoms with Crippen LogP contribution in [0.25, 0.3) is 0 Å². The maximum absolute atomic E-state index is 6.01. The first-order valence-corrected chi connectivity index (χ1v) is 8.95. The fourth-order valence-corrected chi connectivity index (χ4v) is 3.65. The number of hydrogen-bond acceptors (Lipinski definition) is 1. The molecule has 2 N–H and O–H groups in total. The number of nitrogens with two attached hydrogens (primary N) is 1. The van der Waals surface area contributed by atoms with Gasteiger partial charge in [0.25, 0.3) is 0 Å². The van der Waals surface area contributed by atoms with E-state index in [9.17, 15) is 0 Å². The molecule has 0 aromatic carbocycles. The Balaban J connectivity index is 1.43. The minimum Gasteiger partial charge on any atom is -0.498 e. The van der Waals surface area contributed by atoms with Crippen LogP contribution >= 0.6 is 0 Å². The summed E-state index contributed by atoms with van der Waals surface area (Å²) >= 11 is 0. The van der Waals surface area contributed by atoms with Gasteiger partial charge in [-0.15, -0.1) is 0 Å². The van der Waals surface area contributed by atoms with Gasteiger partial charge in [-0.2, -0.15) is 0 Å². The topological polar surface area (TPSA) is 38.7 Å². The lowest BCUT2D eigenvalue weighted by molar-refractivity contribution is -0.704. The number of hydrogen-bond donors (Lipinski definition) is 1. The average Bonchev–Trinajstić information content (AvgIpc) is 3.21. The third-order valence-corrected chi connectivity index (χ3v) is 4.83. The van der Waals surface area contributed by atoms with Crippen LogP contribution in [0.3, 0.4) is 0 Å². The van der Waals surface area contributed by atoms with E-state index in [1.807, 2.05) is 6.08 Å². The highest BCUT2D eigenvalue weighted by Gasteiger charge is 2.20. The van der Waals surface area contributed by atoms with E-state index in [2.05, 4.69) is 29.0 Å². The van der Waals surface area contributed by atoms with Crippen molar-refractivity contribution in [2.75, 3.05) is 6.61 Å². The SMILES string of the molecule is [NH2+]=C/C=C\C1=C(OCCCC[n+]2cccc3c2CCC3)CCC1. The van der Waals surface area contributed by atoms with E-state index in [0.717, 1.165) is 32.4 Å². The monoisotopic (exact) mass is 312 g/mol. The Hall–Kier alpha value is -1.90. The van der Waals surface area contributed by atoms with Crippen molar-refractivity contribution in [1.82, 2.24) is 0 Å². The van der Waals surface area contributed by atoms with E-state index in [1.165, 1.54) is 43.4 Å². The number of allylic oxidation sites excluding steroid dienone is 4. The molecule has 2 aliphatic carbocycles. The van der Waals surface area contributed by atoms with Crippen molar-refractivity contribution in [1.29, 1.82) is 0 Å². The second kappa shape index (κ2) is 8.09. The molecule has 3 nitrogen and oxygen atoms in total. The minimum absolute atomic E-state index is 0.828. The highest BCUT2D eigenvalue weighted by Crippen LogP contribution is 2.27. The molecule has 0 spiro atoms. The largest absolute Gasteiger partial charge is 0.498 e. The molecule has 0 aliphatic heterocycles. The maximum Gasteiger partial charge on any atom is 0.184 e. The van der Waals surface area contributed by atoms with E-state index in [-0.39, 0.29) is 0 Å². The summed E-state index contributed by atoms with van der Waals surface area (Å²) in [6.45, 7) is 1.94. The summed E-state index contributed by atoms with van der Waals surface area (Å²) in [4.78, 5) is 0. The Morgan fingerprint density at radius 1 is 1.13 bits per heavy atom. The van der Waals surface area contributed by atoms with E-state index < -0.39 is 0 Å². The molecule has 23 heavy (non-hydrogen) atoms. The van der Waals surface area contributed by atoms with Gasteiger partial charge in [-0.25, -0.2) is 4.57 Å². The Bertz CT molecular complexity index is 616. The fourth-order valence-electron chi connectivity index (χ4n) is 3.65. The standard InChI is InChI=1S/C20H27N2O/c21-13-5-9-18-8-4-12-20(18)23-16-2-1-14-22-15-6-10-17-7-3-11-19(17)22/h5-6,9-10,13,15,21H,1-4,7-8,11-12,14,16H2/q+1/p+1/b9-5-,21-13?. The van der Waals surface area contributed by atoms with Gasteiger partial charge in [-0.3, -0.25) is 5.41 Å². The number of ether oxygens (including phenoxy) is 1. The summed E-state index contributed by atoms with van der Waals surface area (Å²) in [7, 11) is 0. The Morgan fingerprint density at radius 2 is 2.04 bits per heavy atom.